The Labute approximate surface area is 205 Å². The summed E-state index contributed by atoms with van der Waals surface area (Å²) in [4.78, 5) is 45.0. The molecule has 4 N–H and O–H groups in total. The lowest BCUT2D eigenvalue weighted by Crippen LogP contribution is -2.51. The van der Waals surface area contributed by atoms with Crippen LogP contribution in [0.1, 0.15) is 49.0 Å². The number of fused-ring (bicyclic) bond motifs is 1. The van der Waals surface area contributed by atoms with E-state index < -0.39 is 17.9 Å². The number of nitrogens with zero attached hydrogens (tertiary/aromatic N) is 2. The molecule has 1 aromatic carbocycles. The first-order valence-corrected chi connectivity index (χ1v) is 12.5. The molecule has 34 heavy (non-hydrogen) atoms. The van der Waals surface area contributed by atoms with E-state index in [9.17, 15) is 14.4 Å². The fraction of sp³-hybridized carbons (Fsp3) is 0.560. The molecule has 2 aliphatic rings. The van der Waals surface area contributed by atoms with E-state index in [1.54, 1.807) is 24.3 Å². The Morgan fingerprint density at radius 1 is 1.09 bits per heavy atom. The molecule has 0 spiro atoms. The van der Waals surface area contributed by atoms with Crippen molar-refractivity contribution < 1.29 is 14.4 Å². The van der Waals surface area contributed by atoms with E-state index in [4.69, 9.17) is 17.3 Å². The van der Waals surface area contributed by atoms with Gasteiger partial charge in [0, 0.05) is 35.4 Å². The van der Waals surface area contributed by atoms with E-state index in [1.165, 1.54) is 12.8 Å². The van der Waals surface area contributed by atoms with Gasteiger partial charge in [-0.3, -0.25) is 14.4 Å². The minimum absolute atomic E-state index is 0.0328. The highest BCUT2D eigenvalue weighted by Crippen LogP contribution is 2.32. The van der Waals surface area contributed by atoms with E-state index in [0.717, 1.165) is 42.8 Å². The van der Waals surface area contributed by atoms with Gasteiger partial charge in [-0.1, -0.05) is 11.6 Å². The quantitative estimate of drug-likeness (QED) is 0.557. The number of amides is 3. The number of hydrogen-bond acceptors (Lipinski definition) is 4. The summed E-state index contributed by atoms with van der Waals surface area (Å²) in [6.07, 6.45) is 4.63. The molecule has 8 nitrogen and oxygen atoms in total. The van der Waals surface area contributed by atoms with Crippen molar-refractivity contribution in [2.24, 2.45) is 17.6 Å². The standard InChI is InChI=1S/C25H34ClN5O3/c1-30-10-6-16(7-11-30)17-8-12-31(13-9-17)25(34)21(4-5-23(27)32)29-24(33)22-15-18-14-19(26)2-3-20(18)28-22/h2-3,14-17,21,28H,4-13H2,1H3,(H2,27,32)(H,29,33)/t21-/m1/s1. The van der Waals surface area contributed by atoms with E-state index >= 15 is 0 Å². The van der Waals surface area contributed by atoms with Gasteiger partial charge in [-0.05, 0) is 88.3 Å². The van der Waals surface area contributed by atoms with Crippen LogP contribution in [-0.4, -0.2) is 71.8 Å². The zero-order chi connectivity index (χ0) is 24.2. The van der Waals surface area contributed by atoms with Crippen LogP contribution in [0, 0.1) is 11.8 Å². The highest BCUT2D eigenvalue weighted by atomic mass is 35.5. The lowest BCUT2D eigenvalue weighted by atomic mass is 9.79. The molecule has 184 valence electrons. The molecule has 0 unspecified atom stereocenters. The highest BCUT2D eigenvalue weighted by Gasteiger charge is 2.33. The minimum Gasteiger partial charge on any atom is -0.370 e. The highest BCUT2D eigenvalue weighted by molar-refractivity contribution is 6.31. The Kier molecular flexibility index (Phi) is 7.78. The molecular weight excluding hydrogens is 454 g/mol. The minimum atomic E-state index is -0.796. The molecular formula is C25H34ClN5O3. The number of carbonyl (C=O) groups is 3. The van der Waals surface area contributed by atoms with Crippen LogP contribution in [0.25, 0.3) is 10.9 Å². The van der Waals surface area contributed by atoms with Crippen molar-refractivity contribution in [1.82, 2.24) is 20.1 Å². The second-order valence-corrected chi connectivity index (χ2v) is 10.2. The summed E-state index contributed by atoms with van der Waals surface area (Å²) in [6, 6.07) is 6.23. The normalized spacial score (nSPS) is 19.3. The van der Waals surface area contributed by atoms with Crippen molar-refractivity contribution in [2.75, 3.05) is 33.2 Å². The van der Waals surface area contributed by atoms with Crippen LogP contribution >= 0.6 is 11.6 Å². The van der Waals surface area contributed by atoms with Crippen LogP contribution < -0.4 is 11.1 Å². The molecule has 0 bridgehead atoms. The van der Waals surface area contributed by atoms with Gasteiger partial charge in [0.1, 0.15) is 11.7 Å². The number of nitrogens with one attached hydrogen (secondary N) is 2. The van der Waals surface area contributed by atoms with Gasteiger partial charge < -0.3 is 25.8 Å². The number of hydrogen-bond donors (Lipinski definition) is 3. The van der Waals surface area contributed by atoms with Crippen molar-refractivity contribution in [3.63, 3.8) is 0 Å². The molecule has 0 aliphatic carbocycles. The molecule has 2 aromatic rings. The number of rotatable bonds is 7. The lowest BCUT2D eigenvalue weighted by Gasteiger charge is -2.40. The van der Waals surface area contributed by atoms with E-state index in [-0.39, 0.29) is 18.7 Å². The summed E-state index contributed by atoms with van der Waals surface area (Å²) >= 11 is 6.05. The molecule has 1 atom stereocenters. The molecule has 1 aromatic heterocycles. The largest absolute Gasteiger partial charge is 0.370 e. The van der Waals surface area contributed by atoms with Crippen molar-refractivity contribution in [1.29, 1.82) is 0 Å². The number of benzene rings is 1. The summed E-state index contributed by atoms with van der Waals surface area (Å²) in [5.41, 5.74) is 6.46. The summed E-state index contributed by atoms with van der Waals surface area (Å²) in [7, 11) is 2.17. The topological polar surface area (TPSA) is 112 Å². The maximum absolute atomic E-state index is 13.3. The van der Waals surface area contributed by atoms with Crippen molar-refractivity contribution >= 4 is 40.2 Å². The summed E-state index contributed by atoms with van der Waals surface area (Å²) < 4.78 is 0. The smallest absolute Gasteiger partial charge is 0.268 e. The first kappa shape index (κ1) is 24.5. The molecule has 3 amide bonds. The Morgan fingerprint density at radius 3 is 2.38 bits per heavy atom. The molecule has 9 heteroatoms. The molecule has 2 aliphatic heterocycles. The van der Waals surface area contributed by atoms with E-state index in [2.05, 4.69) is 22.2 Å². The maximum Gasteiger partial charge on any atom is 0.268 e. The second kappa shape index (κ2) is 10.8. The number of likely N-dealkylation sites (tertiary alicyclic amines) is 2. The molecule has 0 saturated carbocycles. The third kappa shape index (κ3) is 5.91. The van der Waals surface area contributed by atoms with Crippen LogP contribution in [0.3, 0.4) is 0 Å². The summed E-state index contributed by atoms with van der Waals surface area (Å²) in [5, 5.41) is 4.23. The number of primary amides is 1. The van der Waals surface area contributed by atoms with Crippen LogP contribution in [-0.2, 0) is 9.59 Å². The Bertz CT molecular complexity index is 1040. The first-order valence-electron chi connectivity index (χ1n) is 12.1. The first-order chi connectivity index (χ1) is 16.3. The third-order valence-corrected chi connectivity index (χ3v) is 7.63. The fourth-order valence-electron chi connectivity index (χ4n) is 5.32. The number of halogens is 1. The van der Waals surface area contributed by atoms with Gasteiger partial charge in [0.05, 0.1) is 0 Å². The van der Waals surface area contributed by atoms with Gasteiger partial charge in [0.2, 0.25) is 11.8 Å². The Hall–Kier alpha value is -2.58. The number of aromatic nitrogens is 1. The SMILES string of the molecule is CN1CCC(C2CCN(C(=O)[C@@H](CCC(N)=O)NC(=O)c3cc4cc(Cl)ccc4[nH]3)CC2)CC1. The Balaban J connectivity index is 1.39. The van der Waals surface area contributed by atoms with Gasteiger partial charge in [0.25, 0.3) is 5.91 Å². The van der Waals surface area contributed by atoms with Crippen molar-refractivity contribution in [2.45, 2.75) is 44.6 Å². The van der Waals surface area contributed by atoms with Gasteiger partial charge in [-0.2, -0.15) is 0 Å². The molecule has 0 radical (unpaired) electrons. The number of carbonyl (C=O) groups excluding carboxylic acids is 3. The lowest BCUT2D eigenvalue weighted by molar-refractivity contribution is -0.135. The van der Waals surface area contributed by atoms with Crippen LogP contribution in [0.5, 0.6) is 0 Å². The zero-order valence-corrected chi connectivity index (χ0v) is 20.4. The maximum atomic E-state index is 13.3. The second-order valence-electron chi connectivity index (χ2n) is 9.75. The predicted octanol–water partition coefficient (Wildman–Crippen LogP) is 2.77. The molecule has 3 heterocycles. The number of H-pyrrole nitrogens is 1. The van der Waals surface area contributed by atoms with Crippen molar-refractivity contribution in [3.05, 3.63) is 35.0 Å². The average Bonchev–Trinajstić information content (AvgIpc) is 3.25. The summed E-state index contributed by atoms with van der Waals surface area (Å²) in [6.45, 7) is 3.66. The summed E-state index contributed by atoms with van der Waals surface area (Å²) in [5.74, 6) is 0.351. The number of aromatic amines is 1. The van der Waals surface area contributed by atoms with Gasteiger partial charge in [0.15, 0.2) is 0 Å². The van der Waals surface area contributed by atoms with Crippen LogP contribution in [0.2, 0.25) is 5.02 Å². The third-order valence-electron chi connectivity index (χ3n) is 7.39. The Morgan fingerprint density at radius 2 is 1.74 bits per heavy atom. The van der Waals surface area contributed by atoms with Gasteiger partial charge >= 0.3 is 0 Å². The van der Waals surface area contributed by atoms with Crippen molar-refractivity contribution in [3.8, 4) is 0 Å². The fourth-order valence-corrected chi connectivity index (χ4v) is 5.50. The van der Waals surface area contributed by atoms with E-state index in [1.807, 2.05) is 4.90 Å². The van der Waals surface area contributed by atoms with Gasteiger partial charge in [-0.25, -0.2) is 0 Å². The predicted molar refractivity (Wildman–Crippen MR) is 133 cm³/mol. The molecule has 2 saturated heterocycles. The van der Waals surface area contributed by atoms with E-state index in [0.29, 0.717) is 29.7 Å². The average molecular weight is 488 g/mol. The number of nitrogens with two attached hydrogens (primary N) is 1. The number of piperidine rings is 2. The monoisotopic (exact) mass is 487 g/mol. The van der Waals surface area contributed by atoms with Crippen LogP contribution in [0.4, 0.5) is 0 Å². The molecule has 4 rings (SSSR count). The van der Waals surface area contributed by atoms with Crippen LogP contribution in [0.15, 0.2) is 24.3 Å². The van der Waals surface area contributed by atoms with Gasteiger partial charge in [-0.15, -0.1) is 0 Å². The zero-order valence-electron chi connectivity index (χ0n) is 19.7. The molecule has 2 fully saturated rings.